The van der Waals surface area contributed by atoms with Crippen LogP contribution >= 0.6 is 11.3 Å². The van der Waals surface area contributed by atoms with Gasteiger partial charge in [-0.1, -0.05) is 18.2 Å². The van der Waals surface area contributed by atoms with Crippen LogP contribution in [-0.4, -0.2) is 56.8 Å². The first-order valence-corrected chi connectivity index (χ1v) is 11.3. The summed E-state index contributed by atoms with van der Waals surface area (Å²) < 4.78 is 39.8. The Morgan fingerprint density at radius 3 is 2.67 bits per heavy atom. The first-order chi connectivity index (χ1) is 13.0. The Labute approximate surface area is 162 Å². The third-order valence-electron chi connectivity index (χ3n) is 5.16. The van der Waals surface area contributed by atoms with E-state index in [0.717, 1.165) is 10.1 Å². The number of ether oxygens (including phenoxy) is 2. The van der Waals surface area contributed by atoms with Gasteiger partial charge in [-0.05, 0) is 24.3 Å². The minimum atomic E-state index is -3.43. The molecule has 146 valence electrons. The van der Waals surface area contributed by atoms with Crippen LogP contribution in [0.4, 0.5) is 0 Å². The number of hydrogen-bond acceptors (Lipinski definition) is 6. The minimum Gasteiger partial charge on any atom is -0.381 e. The van der Waals surface area contributed by atoms with Crippen LogP contribution in [0.2, 0.25) is 0 Å². The summed E-state index contributed by atoms with van der Waals surface area (Å²) in [7, 11) is -3.43. The van der Waals surface area contributed by atoms with Gasteiger partial charge in [0, 0.05) is 36.6 Å². The molecule has 3 heterocycles. The van der Waals surface area contributed by atoms with Gasteiger partial charge >= 0.3 is 0 Å². The first-order valence-electron chi connectivity index (χ1n) is 8.98. The topological polar surface area (TPSA) is 98.9 Å². The molecule has 1 aromatic carbocycles. The van der Waals surface area contributed by atoms with Crippen molar-refractivity contribution in [1.82, 2.24) is 4.31 Å². The number of sulfonamides is 1. The molecule has 1 unspecified atom stereocenters. The molecule has 7 nitrogen and oxygen atoms in total. The normalized spacial score (nSPS) is 22.9. The van der Waals surface area contributed by atoms with Crippen LogP contribution in [0, 0.1) is 0 Å². The van der Waals surface area contributed by atoms with E-state index in [0.29, 0.717) is 43.0 Å². The zero-order chi connectivity index (χ0) is 19.0. The molecule has 4 rings (SSSR count). The maximum absolute atomic E-state index is 13.1. The van der Waals surface area contributed by atoms with Crippen LogP contribution < -0.4 is 5.73 Å². The highest BCUT2D eigenvalue weighted by Crippen LogP contribution is 2.38. The number of rotatable bonds is 4. The van der Waals surface area contributed by atoms with Crippen LogP contribution in [0.3, 0.4) is 0 Å². The number of carbonyl (C=O) groups excluding carboxylic acids is 1. The Kier molecular flexibility index (Phi) is 5.21. The van der Waals surface area contributed by atoms with Crippen molar-refractivity contribution in [1.29, 1.82) is 0 Å². The second kappa shape index (κ2) is 7.48. The van der Waals surface area contributed by atoms with Crippen LogP contribution in [0.25, 0.3) is 10.1 Å². The van der Waals surface area contributed by atoms with Crippen molar-refractivity contribution in [2.24, 2.45) is 5.73 Å². The third kappa shape index (κ3) is 3.50. The predicted octanol–water partition coefficient (Wildman–Crippen LogP) is 1.88. The second-order valence-corrected chi connectivity index (χ2v) is 10.0. The third-order valence-corrected chi connectivity index (χ3v) is 8.72. The Balaban J connectivity index is 1.67. The molecule has 0 aliphatic carbocycles. The Morgan fingerprint density at radius 1 is 1.19 bits per heavy atom. The molecule has 2 aliphatic rings. The molecule has 2 N–H and O–H groups in total. The lowest BCUT2D eigenvalue weighted by Crippen LogP contribution is -2.47. The molecular weight excluding hydrogens is 388 g/mol. The van der Waals surface area contributed by atoms with Crippen LogP contribution in [-0.2, 0) is 19.5 Å². The van der Waals surface area contributed by atoms with E-state index in [1.165, 1.54) is 15.6 Å². The largest absolute Gasteiger partial charge is 0.381 e. The molecule has 0 saturated carbocycles. The highest BCUT2D eigenvalue weighted by Gasteiger charge is 2.38. The molecule has 9 heteroatoms. The monoisotopic (exact) mass is 410 g/mol. The van der Waals surface area contributed by atoms with Gasteiger partial charge in [-0.15, -0.1) is 11.3 Å². The van der Waals surface area contributed by atoms with Crippen molar-refractivity contribution in [3.63, 3.8) is 0 Å². The summed E-state index contributed by atoms with van der Waals surface area (Å²) in [5.41, 5.74) is 6.30. The van der Waals surface area contributed by atoms with Gasteiger partial charge in [0.25, 0.3) is 5.91 Å². The molecule has 2 fully saturated rings. The first kappa shape index (κ1) is 18.8. The molecule has 1 amide bonds. The molecule has 2 aromatic rings. The average Bonchev–Trinajstić information content (AvgIpc) is 3.09. The van der Waals surface area contributed by atoms with Gasteiger partial charge in [0.15, 0.2) is 0 Å². The van der Waals surface area contributed by atoms with Gasteiger partial charge in [0.1, 0.15) is 0 Å². The maximum atomic E-state index is 13.1. The van der Waals surface area contributed by atoms with Gasteiger partial charge in [-0.25, -0.2) is 8.42 Å². The molecule has 0 spiro atoms. The van der Waals surface area contributed by atoms with Crippen LogP contribution in [0.15, 0.2) is 24.3 Å². The Hall–Kier alpha value is -1.52. The molecule has 0 bridgehead atoms. The zero-order valence-corrected chi connectivity index (χ0v) is 16.4. The summed E-state index contributed by atoms with van der Waals surface area (Å²) in [5.74, 6) is -0.515. The number of hydrogen-bond donors (Lipinski definition) is 1. The van der Waals surface area contributed by atoms with E-state index < -0.39 is 27.3 Å². The van der Waals surface area contributed by atoms with Gasteiger partial charge in [-0.2, -0.15) is 4.31 Å². The number of nitrogens with two attached hydrogens (primary N) is 1. The molecule has 1 atom stereocenters. The van der Waals surface area contributed by atoms with Crippen molar-refractivity contribution >= 4 is 37.4 Å². The smallest absolute Gasteiger partial charge is 0.259 e. The average molecular weight is 411 g/mol. The van der Waals surface area contributed by atoms with Crippen LogP contribution in [0.1, 0.15) is 34.2 Å². The summed E-state index contributed by atoms with van der Waals surface area (Å²) in [6.07, 6.45) is 0.517. The quantitative estimate of drug-likeness (QED) is 0.830. The lowest BCUT2D eigenvalue weighted by Gasteiger charge is -2.35. The lowest BCUT2D eigenvalue weighted by molar-refractivity contribution is -0.00275. The highest BCUT2D eigenvalue weighted by atomic mass is 32.2. The number of benzene rings is 1. The summed E-state index contributed by atoms with van der Waals surface area (Å²) in [4.78, 5) is 12.4. The number of carbonyl (C=O) groups is 1. The molecule has 2 aliphatic heterocycles. The SMILES string of the molecule is NC(=O)c1sc2ccccc2c1C1CN(S(=O)(=O)C2CCOCC2)CCO1. The van der Waals surface area contributed by atoms with Crippen LogP contribution in [0.5, 0.6) is 0 Å². The highest BCUT2D eigenvalue weighted by molar-refractivity contribution is 7.89. The standard InChI is InChI=1S/C18H22N2O5S2/c19-18(21)17-16(13-3-1-2-4-15(13)26-17)14-11-20(7-10-25-14)27(22,23)12-5-8-24-9-6-12/h1-4,12,14H,5-11H2,(H2,19,21). The predicted molar refractivity (Wildman–Crippen MR) is 103 cm³/mol. The lowest BCUT2D eigenvalue weighted by atomic mass is 10.0. The van der Waals surface area contributed by atoms with E-state index in [-0.39, 0.29) is 13.2 Å². The summed E-state index contributed by atoms with van der Waals surface area (Å²) >= 11 is 1.32. The molecular formula is C18H22N2O5S2. The number of morpholine rings is 1. The van der Waals surface area contributed by atoms with Gasteiger partial charge < -0.3 is 15.2 Å². The molecule has 27 heavy (non-hydrogen) atoms. The zero-order valence-electron chi connectivity index (χ0n) is 14.8. The summed E-state index contributed by atoms with van der Waals surface area (Å²) in [6, 6.07) is 7.64. The molecule has 1 aromatic heterocycles. The number of amides is 1. The number of thiophene rings is 1. The van der Waals surface area contributed by atoms with Crippen molar-refractivity contribution in [3.8, 4) is 0 Å². The summed E-state index contributed by atoms with van der Waals surface area (Å²) in [5, 5.41) is 0.478. The fourth-order valence-electron chi connectivity index (χ4n) is 3.78. The Bertz CT molecular complexity index is 950. The number of fused-ring (bicyclic) bond motifs is 1. The maximum Gasteiger partial charge on any atom is 0.259 e. The number of nitrogens with zero attached hydrogens (tertiary/aromatic N) is 1. The second-order valence-electron chi connectivity index (χ2n) is 6.78. The van der Waals surface area contributed by atoms with E-state index in [9.17, 15) is 13.2 Å². The van der Waals surface area contributed by atoms with Gasteiger partial charge in [0.05, 0.1) is 22.8 Å². The Morgan fingerprint density at radius 2 is 1.93 bits per heavy atom. The van der Waals surface area contributed by atoms with E-state index in [4.69, 9.17) is 15.2 Å². The summed E-state index contributed by atoms with van der Waals surface area (Å²) in [6.45, 7) is 1.75. The van der Waals surface area contributed by atoms with E-state index in [1.807, 2.05) is 24.3 Å². The van der Waals surface area contributed by atoms with Crippen molar-refractivity contribution in [2.75, 3.05) is 32.9 Å². The minimum absolute atomic E-state index is 0.195. The van der Waals surface area contributed by atoms with E-state index >= 15 is 0 Å². The van der Waals surface area contributed by atoms with Crippen molar-refractivity contribution in [3.05, 3.63) is 34.7 Å². The fraction of sp³-hybridized carbons (Fsp3) is 0.500. The van der Waals surface area contributed by atoms with E-state index in [1.54, 1.807) is 0 Å². The molecule has 2 saturated heterocycles. The van der Waals surface area contributed by atoms with Gasteiger partial charge in [-0.3, -0.25) is 4.79 Å². The van der Waals surface area contributed by atoms with Gasteiger partial charge in [0.2, 0.25) is 10.0 Å². The fourth-order valence-corrected chi connectivity index (χ4v) is 6.77. The van der Waals surface area contributed by atoms with Crippen molar-refractivity contribution < 1.29 is 22.7 Å². The van der Waals surface area contributed by atoms with E-state index in [2.05, 4.69) is 0 Å². The van der Waals surface area contributed by atoms with Crippen molar-refractivity contribution in [2.45, 2.75) is 24.2 Å². The number of primary amides is 1. The molecule has 0 radical (unpaired) electrons.